The molecule has 3 heterocycles. The molecule has 3 rings (SSSR count). The third-order valence-corrected chi connectivity index (χ3v) is 4.43. The average molecular weight is 334 g/mol. The van der Waals surface area contributed by atoms with Gasteiger partial charge in [-0.15, -0.1) is 0 Å². The van der Waals surface area contributed by atoms with Crippen molar-refractivity contribution in [2.75, 3.05) is 19.6 Å². The molecule has 2 aromatic heterocycles. The van der Waals surface area contributed by atoms with Gasteiger partial charge in [0, 0.05) is 25.5 Å². The Morgan fingerprint density at radius 1 is 1.48 bits per heavy atom. The predicted molar refractivity (Wildman–Crippen MR) is 88.3 cm³/mol. The molecule has 23 heavy (non-hydrogen) atoms. The van der Waals surface area contributed by atoms with Gasteiger partial charge in [0.05, 0.1) is 23.4 Å². The number of hydrogen-bond donors (Lipinski definition) is 1. The maximum atomic E-state index is 12.2. The molecule has 1 saturated heterocycles. The molecule has 0 bridgehead atoms. The Bertz CT molecular complexity index is 645. The monoisotopic (exact) mass is 333 g/mol. The van der Waals surface area contributed by atoms with Crippen molar-refractivity contribution in [2.24, 2.45) is 5.92 Å². The first kappa shape index (κ1) is 16.0. The molecule has 0 saturated carbocycles. The number of carbonyl (C=O) groups excluding carboxylic acids is 1. The normalized spacial score (nSPS) is 18.7. The number of hydrogen-bond acceptors (Lipinski definition) is 4. The van der Waals surface area contributed by atoms with Crippen LogP contribution in [0.4, 0.5) is 0 Å². The first-order chi connectivity index (χ1) is 11.2. The molecular formula is C17H20ClN3O2. The summed E-state index contributed by atoms with van der Waals surface area (Å²) in [6.45, 7) is 3.52. The van der Waals surface area contributed by atoms with Crippen molar-refractivity contribution in [3.63, 3.8) is 0 Å². The highest BCUT2D eigenvalue weighted by atomic mass is 35.5. The zero-order chi connectivity index (χ0) is 16.1. The van der Waals surface area contributed by atoms with Crippen molar-refractivity contribution in [2.45, 2.75) is 19.4 Å². The van der Waals surface area contributed by atoms with Crippen molar-refractivity contribution in [1.82, 2.24) is 15.2 Å². The Balaban J connectivity index is 1.50. The van der Waals surface area contributed by atoms with Crippen molar-refractivity contribution >= 4 is 17.5 Å². The maximum Gasteiger partial charge on any atom is 0.252 e. The van der Waals surface area contributed by atoms with Gasteiger partial charge in [-0.05, 0) is 43.5 Å². The number of piperidine rings is 1. The molecular weight excluding hydrogens is 314 g/mol. The minimum atomic E-state index is -0.138. The van der Waals surface area contributed by atoms with E-state index in [2.05, 4.69) is 15.2 Å². The lowest BCUT2D eigenvalue weighted by Crippen LogP contribution is -2.40. The zero-order valence-electron chi connectivity index (χ0n) is 12.9. The van der Waals surface area contributed by atoms with Gasteiger partial charge in [0.15, 0.2) is 0 Å². The molecule has 2 aromatic rings. The molecule has 1 aliphatic rings. The predicted octanol–water partition coefficient (Wildman–Crippen LogP) is 2.97. The SMILES string of the molecule is O=C(NCC1CCCN(Cc2ccco2)C1)c1ccncc1Cl. The number of pyridine rings is 1. The van der Waals surface area contributed by atoms with Crippen LogP contribution in [0, 0.1) is 5.92 Å². The van der Waals surface area contributed by atoms with Gasteiger partial charge in [0.25, 0.3) is 5.91 Å². The lowest BCUT2D eigenvalue weighted by molar-refractivity contribution is 0.0928. The minimum absolute atomic E-state index is 0.138. The Labute approximate surface area is 140 Å². The van der Waals surface area contributed by atoms with Crippen LogP contribution in [-0.2, 0) is 6.54 Å². The first-order valence-corrected chi connectivity index (χ1v) is 8.22. The van der Waals surface area contributed by atoms with Crippen LogP contribution in [0.2, 0.25) is 5.02 Å². The molecule has 1 aliphatic heterocycles. The molecule has 0 radical (unpaired) electrons. The highest BCUT2D eigenvalue weighted by molar-refractivity contribution is 6.33. The summed E-state index contributed by atoms with van der Waals surface area (Å²) in [5, 5.41) is 3.37. The average Bonchev–Trinajstić information content (AvgIpc) is 3.06. The van der Waals surface area contributed by atoms with E-state index >= 15 is 0 Å². The minimum Gasteiger partial charge on any atom is -0.468 e. The van der Waals surface area contributed by atoms with E-state index in [1.165, 1.54) is 6.20 Å². The highest BCUT2D eigenvalue weighted by Crippen LogP contribution is 2.19. The van der Waals surface area contributed by atoms with Gasteiger partial charge in [0.2, 0.25) is 0 Å². The number of likely N-dealkylation sites (tertiary alicyclic amines) is 1. The van der Waals surface area contributed by atoms with E-state index in [-0.39, 0.29) is 5.91 Å². The van der Waals surface area contributed by atoms with Crippen LogP contribution >= 0.6 is 11.6 Å². The summed E-state index contributed by atoms with van der Waals surface area (Å²) < 4.78 is 5.41. The summed E-state index contributed by atoms with van der Waals surface area (Å²) in [6.07, 6.45) is 7.03. The summed E-state index contributed by atoms with van der Waals surface area (Å²) in [5.41, 5.74) is 0.477. The summed E-state index contributed by atoms with van der Waals surface area (Å²) >= 11 is 6.00. The van der Waals surface area contributed by atoms with Gasteiger partial charge in [-0.25, -0.2) is 0 Å². The highest BCUT2D eigenvalue weighted by Gasteiger charge is 2.21. The van der Waals surface area contributed by atoms with Crippen LogP contribution in [0.1, 0.15) is 29.0 Å². The van der Waals surface area contributed by atoms with Crippen molar-refractivity contribution in [1.29, 1.82) is 0 Å². The number of halogens is 1. The fourth-order valence-corrected chi connectivity index (χ4v) is 3.18. The van der Waals surface area contributed by atoms with Crippen LogP contribution < -0.4 is 5.32 Å². The molecule has 0 aliphatic carbocycles. The van der Waals surface area contributed by atoms with Crippen LogP contribution in [0.25, 0.3) is 0 Å². The Kier molecular flexibility index (Phi) is 5.31. The maximum absolute atomic E-state index is 12.2. The summed E-state index contributed by atoms with van der Waals surface area (Å²) in [7, 11) is 0. The number of aromatic nitrogens is 1. The van der Waals surface area contributed by atoms with E-state index in [0.29, 0.717) is 23.0 Å². The summed E-state index contributed by atoms with van der Waals surface area (Å²) in [6, 6.07) is 5.55. The van der Waals surface area contributed by atoms with Crippen molar-refractivity contribution in [3.05, 3.63) is 53.2 Å². The number of nitrogens with one attached hydrogen (secondary N) is 1. The van der Waals surface area contributed by atoms with Crippen LogP contribution in [-0.4, -0.2) is 35.4 Å². The molecule has 5 nitrogen and oxygen atoms in total. The van der Waals surface area contributed by atoms with E-state index in [1.807, 2.05) is 12.1 Å². The molecule has 6 heteroatoms. The summed E-state index contributed by atoms with van der Waals surface area (Å²) in [4.78, 5) is 18.5. The van der Waals surface area contributed by atoms with E-state index in [4.69, 9.17) is 16.0 Å². The quantitative estimate of drug-likeness (QED) is 0.914. The van der Waals surface area contributed by atoms with E-state index in [0.717, 1.165) is 38.2 Å². The van der Waals surface area contributed by atoms with Gasteiger partial charge in [-0.1, -0.05) is 11.6 Å². The number of carbonyl (C=O) groups is 1. The van der Waals surface area contributed by atoms with Crippen LogP contribution in [0.15, 0.2) is 41.3 Å². The number of amides is 1. The van der Waals surface area contributed by atoms with Crippen LogP contribution in [0.3, 0.4) is 0 Å². The van der Waals surface area contributed by atoms with E-state index in [1.54, 1.807) is 18.5 Å². The van der Waals surface area contributed by atoms with Gasteiger partial charge in [0.1, 0.15) is 5.76 Å². The number of rotatable bonds is 5. The third kappa shape index (κ3) is 4.33. The van der Waals surface area contributed by atoms with Crippen molar-refractivity contribution in [3.8, 4) is 0 Å². The Morgan fingerprint density at radius 3 is 3.17 bits per heavy atom. The van der Waals surface area contributed by atoms with Gasteiger partial charge < -0.3 is 9.73 Å². The van der Waals surface area contributed by atoms with Gasteiger partial charge in [-0.3, -0.25) is 14.7 Å². The number of furan rings is 1. The number of nitrogens with zero attached hydrogens (tertiary/aromatic N) is 2. The Morgan fingerprint density at radius 2 is 2.39 bits per heavy atom. The topological polar surface area (TPSA) is 58.4 Å². The lowest BCUT2D eigenvalue weighted by Gasteiger charge is -2.32. The third-order valence-electron chi connectivity index (χ3n) is 4.13. The fourth-order valence-electron chi connectivity index (χ4n) is 2.98. The largest absolute Gasteiger partial charge is 0.468 e. The molecule has 1 atom stereocenters. The Hall–Kier alpha value is -1.85. The second-order valence-corrected chi connectivity index (χ2v) is 6.30. The van der Waals surface area contributed by atoms with Gasteiger partial charge >= 0.3 is 0 Å². The summed E-state index contributed by atoms with van der Waals surface area (Å²) in [5.74, 6) is 1.29. The fraction of sp³-hybridized carbons (Fsp3) is 0.412. The van der Waals surface area contributed by atoms with Crippen LogP contribution in [0.5, 0.6) is 0 Å². The second-order valence-electron chi connectivity index (χ2n) is 5.89. The molecule has 0 aromatic carbocycles. The molecule has 1 N–H and O–H groups in total. The molecule has 1 amide bonds. The first-order valence-electron chi connectivity index (χ1n) is 7.85. The van der Waals surface area contributed by atoms with Gasteiger partial charge in [-0.2, -0.15) is 0 Å². The van der Waals surface area contributed by atoms with E-state index in [9.17, 15) is 4.79 Å². The molecule has 1 unspecified atom stereocenters. The standard InChI is InChI=1S/C17H20ClN3O2/c18-16-10-19-6-5-15(16)17(22)20-9-13-3-1-7-21(11-13)12-14-4-2-8-23-14/h2,4-6,8,10,13H,1,3,7,9,11-12H2,(H,20,22). The molecule has 122 valence electrons. The van der Waals surface area contributed by atoms with E-state index < -0.39 is 0 Å². The lowest BCUT2D eigenvalue weighted by atomic mass is 9.97. The second kappa shape index (κ2) is 7.62. The molecule has 1 fully saturated rings. The smallest absolute Gasteiger partial charge is 0.252 e. The zero-order valence-corrected chi connectivity index (χ0v) is 13.6. The van der Waals surface area contributed by atoms with Crippen molar-refractivity contribution < 1.29 is 9.21 Å². The molecule has 0 spiro atoms.